The third-order valence-electron chi connectivity index (χ3n) is 6.47. The smallest absolute Gasteiger partial charge is 0.323 e. The minimum absolute atomic E-state index is 0.00724. The first-order valence-corrected chi connectivity index (χ1v) is 13.2. The Morgan fingerprint density at radius 3 is 2.35 bits per heavy atom. The SMILES string of the molecule is O=C(CCCCCCC(=O)Nc1cncc(CN[C@@H](Cc2ccccc2)C(=O)OC2CCCC2)c1)NO. The highest BCUT2D eigenvalue weighted by atomic mass is 16.5. The van der Waals surface area contributed by atoms with Gasteiger partial charge in [0.05, 0.1) is 11.9 Å². The van der Waals surface area contributed by atoms with E-state index in [2.05, 4.69) is 15.6 Å². The standard InChI is InChI=1S/C28H38N4O5/c33-26(14-6-1-2-7-15-27(34)32-36)31-23-16-22(18-29-20-23)19-30-25(17-21-10-4-3-5-11-21)28(35)37-24-12-8-9-13-24/h3-5,10-11,16,18,20,24-25,30,36H,1-2,6-9,12-15,17,19H2,(H,31,33)(H,32,34)/t25-/m0/s1. The van der Waals surface area contributed by atoms with Gasteiger partial charge in [0, 0.05) is 25.6 Å². The number of esters is 1. The normalized spacial score (nSPS) is 14.2. The van der Waals surface area contributed by atoms with E-state index in [4.69, 9.17) is 9.94 Å². The number of pyridine rings is 1. The molecule has 200 valence electrons. The Balaban J connectivity index is 1.47. The zero-order valence-electron chi connectivity index (χ0n) is 21.3. The molecular weight excluding hydrogens is 472 g/mol. The van der Waals surface area contributed by atoms with Gasteiger partial charge in [-0.05, 0) is 62.1 Å². The zero-order chi connectivity index (χ0) is 26.3. The summed E-state index contributed by atoms with van der Waals surface area (Å²) in [5, 5.41) is 14.7. The van der Waals surface area contributed by atoms with Crippen LogP contribution in [0.2, 0.25) is 0 Å². The number of ether oxygens (including phenoxy) is 1. The van der Waals surface area contributed by atoms with Gasteiger partial charge < -0.3 is 10.1 Å². The van der Waals surface area contributed by atoms with Gasteiger partial charge >= 0.3 is 5.97 Å². The maximum atomic E-state index is 13.0. The summed E-state index contributed by atoms with van der Waals surface area (Å²) in [6.07, 6.45) is 11.6. The molecule has 1 fully saturated rings. The fraction of sp³-hybridized carbons (Fsp3) is 0.500. The third-order valence-corrected chi connectivity index (χ3v) is 6.47. The van der Waals surface area contributed by atoms with Crippen molar-refractivity contribution in [1.82, 2.24) is 15.8 Å². The molecular formula is C28H38N4O5. The van der Waals surface area contributed by atoms with Gasteiger partial charge in [0.25, 0.3) is 0 Å². The minimum Gasteiger partial charge on any atom is -0.461 e. The molecule has 0 aliphatic heterocycles. The van der Waals surface area contributed by atoms with Gasteiger partial charge in [-0.25, -0.2) is 5.48 Å². The van der Waals surface area contributed by atoms with Crippen molar-refractivity contribution >= 4 is 23.5 Å². The lowest BCUT2D eigenvalue weighted by Gasteiger charge is -2.20. The second-order valence-electron chi connectivity index (χ2n) is 9.55. The maximum absolute atomic E-state index is 13.0. The van der Waals surface area contributed by atoms with E-state index >= 15 is 0 Å². The van der Waals surface area contributed by atoms with Gasteiger partial charge in [0.2, 0.25) is 11.8 Å². The van der Waals surface area contributed by atoms with Crippen LogP contribution in [0.5, 0.6) is 0 Å². The van der Waals surface area contributed by atoms with Crippen LogP contribution in [0.4, 0.5) is 5.69 Å². The number of nitrogens with one attached hydrogen (secondary N) is 3. The van der Waals surface area contributed by atoms with E-state index in [0.29, 0.717) is 37.9 Å². The maximum Gasteiger partial charge on any atom is 0.323 e. The van der Waals surface area contributed by atoms with Crippen molar-refractivity contribution in [3.8, 4) is 0 Å². The number of hydroxylamine groups is 1. The molecule has 37 heavy (non-hydrogen) atoms. The number of hydrogen-bond donors (Lipinski definition) is 4. The Morgan fingerprint density at radius 1 is 0.946 bits per heavy atom. The highest BCUT2D eigenvalue weighted by molar-refractivity contribution is 5.90. The van der Waals surface area contributed by atoms with E-state index in [0.717, 1.165) is 49.7 Å². The number of nitrogens with zero attached hydrogens (tertiary/aromatic N) is 1. The molecule has 1 aliphatic carbocycles. The fourth-order valence-electron chi connectivity index (χ4n) is 4.44. The molecule has 1 aromatic heterocycles. The average molecular weight is 511 g/mol. The van der Waals surface area contributed by atoms with E-state index < -0.39 is 11.9 Å². The van der Waals surface area contributed by atoms with E-state index in [-0.39, 0.29) is 24.4 Å². The molecule has 1 saturated carbocycles. The molecule has 1 heterocycles. The van der Waals surface area contributed by atoms with Gasteiger partial charge in [-0.2, -0.15) is 0 Å². The van der Waals surface area contributed by atoms with Gasteiger partial charge in [0.1, 0.15) is 12.1 Å². The molecule has 0 spiro atoms. The summed E-state index contributed by atoms with van der Waals surface area (Å²) >= 11 is 0. The van der Waals surface area contributed by atoms with Gasteiger partial charge in [-0.3, -0.25) is 29.9 Å². The van der Waals surface area contributed by atoms with Crippen LogP contribution in [-0.2, 0) is 32.1 Å². The first kappa shape index (κ1) is 28.3. The molecule has 1 aromatic carbocycles. The number of benzene rings is 1. The molecule has 1 atom stereocenters. The van der Waals surface area contributed by atoms with Crippen molar-refractivity contribution in [1.29, 1.82) is 0 Å². The minimum atomic E-state index is -0.482. The topological polar surface area (TPSA) is 130 Å². The lowest BCUT2D eigenvalue weighted by atomic mass is 10.1. The number of amides is 2. The predicted molar refractivity (Wildman–Crippen MR) is 140 cm³/mol. The van der Waals surface area contributed by atoms with Crippen molar-refractivity contribution in [2.24, 2.45) is 0 Å². The number of unbranched alkanes of at least 4 members (excludes halogenated alkanes) is 3. The van der Waals surface area contributed by atoms with Crippen LogP contribution >= 0.6 is 0 Å². The second kappa shape index (κ2) is 15.7. The number of anilines is 1. The molecule has 0 radical (unpaired) electrons. The molecule has 9 nitrogen and oxygen atoms in total. The van der Waals surface area contributed by atoms with Crippen LogP contribution in [0.25, 0.3) is 0 Å². The molecule has 0 saturated heterocycles. The van der Waals surface area contributed by atoms with Crippen LogP contribution in [0.1, 0.15) is 75.3 Å². The van der Waals surface area contributed by atoms with Crippen molar-refractivity contribution in [2.45, 2.75) is 89.3 Å². The van der Waals surface area contributed by atoms with Gasteiger partial charge in [-0.1, -0.05) is 43.2 Å². The van der Waals surface area contributed by atoms with Crippen molar-refractivity contribution < 1.29 is 24.3 Å². The largest absolute Gasteiger partial charge is 0.461 e. The fourth-order valence-corrected chi connectivity index (χ4v) is 4.44. The van der Waals surface area contributed by atoms with Crippen LogP contribution in [-0.4, -0.2) is 40.1 Å². The Kier molecular flexibility index (Phi) is 12.0. The summed E-state index contributed by atoms with van der Waals surface area (Å²) < 4.78 is 5.78. The van der Waals surface area contributed by atoms with Gasteiger partial charge in [-0.15, -0.1) is 0 Å². The Bertz CT molecular complexity index is 995. The van der Waals surface area contributed by atoms with E-state index in [1.807, 2.05) is 36.4 Å². The Morgan fingerprint density at radius 2 is 1.65 bits per heavy atom. The summed E-state index contributed by atoms with van der Waals surface area (Å²) in [4.78, 5) is 40.5. The molecule has 0 bridgehead atoms. The molecule has 3 rings (SSSR count). The van der Waals surface area contributed by atoms with Crippen LogP contribution in [0, 0.1) is 0 Å². The molecule has 2 aromatic rings. The third kappa shape index (κ3) is 10.7. The lowest BCUT2D eigenvalue weighted by Crippen LogP contribution is -2.40. The average Bonchev–Trinajstić information content (AvgIpc) is 3.42. The summed E-state index contributed by atoms with van der Waals surface area (Å²) in [6.45, 7) is 0.412. The number of carbonyl (C=O) groups is 3. The van der Waals surface area contributed by atoms with E-state index in [1.54, 1.807) is 17.9 Å². The molecule has 9 heteroatoms. The summed E-state index contributed by atoms with van der Waals surface area (Å²) in [5.41, 5.74) is 4.13. The number of carbonyl (C=O) groups excluding carboxylic acids is 3. The summed E-state index contributed by atoms with van der Waals surface area (Å²) in [7, 11) is 0. The zero-order valence-corrected chi connectivity index (χ0v) is 21.3. The number of rotatable bonds is 15. The number of hydrogen-bond acceptors (Lipinski definition) is 7. The van der Waals surface area contributed by atoms with Crippen LogP contribution in [0.3, 0.4) is 0 Å². The highest BCUT2D eigenvalue weighted by Gasteiger charge is 2.25. The quantitative estimate of drug-likeness (QED) is 0.123. The molecule has 1 aliphatic rings. The molecule has 4 N–H and O–H groups in total. The van der Waals surface area contributed by atoms with Crippen molar-refractivity contribution in [3.63, 3.8) is 0 Å². The second-order valence-corrected chi connectivity index (χ2v) is 9.55. The van der Waals surface area contributed by atoms with Crippen LogP contribution in [0.15, 0.2) is 48.8 Å². The Hall–Kier alpha value is -3.30. The Labute approximate surface area is 218 Å². The van der Waals surface area contributed by atoms with E-state index in [1.165, 1.54) is 0 Å². The molecule has 0 unspecified atom stereocenters. The first-order chi connectivity index (χ1) is 18.0. The van der Waals surface area contributed by atoms with Crippen molar-refractivity contribution in [3.05, 3.63) is 59.9 Å². The van der Waals surface area contributed by atoms with Crippen molar-refractivity contribution in [2.75, 3.05) is 5.32 Å². The summed E-state index contributed by atoms with van der Waals surface area (Å²) in [5.74, 6) is -0.719. The van der Waals surface area contributed by atoms with E-state index in [9.17, 15) is 14.4 Å². The first-order valence-electron chi connectivity index (χ1n) is 13.2. The highest BCUT2D eigenvalue weighted by Crippen LogP contribution is 2.22. The molecule has 2 amide bonds. The monoisotopic (exact) mass is 510 g/mol. The summed E-state index contributed by atoms with van der Waals surface area (Å²) in [6, 6.07) is 11.2. The van der Waals surface area contributed by atoms with Gasteiger partial charge in [0.15, 0.2) is 0 Å². The van der Waals surface area contributed by atoms with Crippen LogP contribution < -0.4 is 16.1 Å². The lowest BCUT2D eigenvalue weighted by molar-refractivity contribution is -0.151. The number of aromatic nitrogens is 1. The predicted octanol–water partition coefficient (Wildman–Crippen LogP) is 4.05.